The van der Waals surface area contributed by atoms with Crippen molar-refractivity contribution in [3.05, 3.63) is 52.6 Å². The molecule has 6 heteroatoms. The van der Waals surface area contributed by atoms with Crippen molar-refractivity contribution in [2.45, 2.75) is 6.92 Å². The summed E-state index contributed by atoms with van der Waals surface area (Å²) in [5.74, 6) is 0.448. The molecule has 1 N–H and O–H groups in total. The Morgan fingerprint density at radius 2 is 1.86 bits per heavy atom. The van der Waals surface area contributed by atoms with Crippen molar-refractivity contribution >= 4 is 17.3 Å². The molecule has 0 saturated heterocycles. The zero-order chi connectivity index (χ0) is 15.4. The van der Waals surface area contributed by atoms with Crippen molar-refractivity contribution in [2.75, 3.05) is 12.4 Å². The summed E-state index contributed by atoms with van der Waals surface area (Å²) in [5, 5.41) is 13.6. The molecular weight excluding hydrogens is 272 g/mol. The van der Waals surface area contributed by atoms with Crippen LogP contribution in [0.2, 0.25) is 0 Å². The Morgan fingerprint density at radius 1 is 1.19 bits per heavy atom. The Bertz CT molecular complexity index is 681. The monoisotopic (exact) mass is 286 g/mol. The fourth-order valence-electron chi connectivity index (χ4n) is 1.95. The minimum Gasteiger partial charge on any atom is -0.497 e. The second-order valence-corrected chi connectivity index (χ2v) is 4.40. The van der Waals surface area contributed by atoms with E-state index in [0.29, 0.717) is 17.0 Å². The lowest BCUT2D eigenvalue weighted by molar-refractivity contribution is -0.384. The molecule has 0 bridgehead atoms. The number of methoxy groups -OCH3 is 1. The summed E-state index contributed by atoms with van der Waals surface area (Å²) in [5.41, 5.74) is 1.83. The number of rotatable bonds is 4. The second-order valence-electron chi connectivity index (χ2n) is 4.40. The van der Waals surface area contributed by atoms with Crippen LogP contribution in [0, 0.1) is 10.1 Å². The number of nitro benzene ring substituents is 1. The maximum Gasteiger partial charge on any atom is 0.270 e. The van der Waals surface area contributed by atoms with Gasteiger partial charge in [0, 0.05) is 30.3 Å². The van der Waals surface area contributed by atoms with Crippen LogP contribution in [0.15, 0.2) is 42.5 Å². The molecular formula is C15H14N2O4. The van der Waals surface area contributed by atoms with Gasteiger partial charge in [-0.3, -0.25) is 14.9 Å². The van der Waals surface area contributed by atoms with Gasteiger partial charge < -0.3 is 10.1 Å². The summed E-state index contributed by atoms with van der Waals surface area (Å²) in [6.07, 6.45) is 0. The third kappa shape index (κ3) is 3.36. The van der Waals surface area contributed by atoms with Gasteiger partial charge in [-0.2, -0.15) is 0 Å². The number of anilines is 1. The molecule has 0 unspecified atom stereocenters. The van der Waals surface area contributed by atoms with E-state index in [1.54, 1.807) is 31.4 Å². The molecule has 0 spiro atoms. The number of benzene rings is 2. The maximum atomic E-state index is 11.3. The Labute approximate surface area is 121 Å². The van der Waals surface area contributed by atoms with E-state index < -0.39 is 4.92 Å². The van der Waals surface area contributed by atoms with Crippen LogP contribution in [0.25, 0.3) is 11.1 Å². The molecule has 108 valence electrons. The Hall–Kier alpha value is -2.89. The van der Waals surface area contributed by atoms with Crippen molar-refractivity contribution in [3.63, 3.8) is 0 Å². The molecule has 2 aromatic carbocycles. The molecule has 0 atom stereocenters. The zero-order valence-electron chi connectivity index (χ0n) is 11.6. The molecule has 0 fully saturated rings. The number of non-ortho nitro benzene ring substituents is 1. The highest BCUT2D eigenvalue weighted by Gasteiger charge is 2.13. The van der Waals surface area contributed by atoms with Crippen molar-refractivity contribution in [2.24, 2.45) is 0 Å². The highest BCUT2D eigenvalue weighted by atomic mass is 16.6. The molecule has 0 heterocycles. The van der Waals surface area contributed by atoms with Crippen molar-refractivity contribution in [1.82, 2.24) is 0 Å². The average molecular weight is 286 g/mol. The Balaban J connectivity index is 2.52. The number of carbonyl (C=O) groups excluding carboxylic acids is 1. The van der Waals surface area contributed by atoms with Gasteiger partial charge >= 0.3 is 0 Å². The quantitative estimate of drug-likeness (QED) is 0.691. The van der Waals surface area contributed by atoms with E-state index in [0.717, 1.165) is 5.56 Å². The molecule has 6 nitrogen and oxygen atoms in total. The molecule has 0 aliphatic heterocycles. The van der Waals surface area contributed by atoms with Gasteiger partial charge in [0.25, 0.3) is 5.69 Å². The normalized spacial score (nSPS) is 10.0. The number of hydrogen-bond donors (Lipinski definition) is 1. The van der Waals surface area contributed by atoms with E-state index in [1.165, 1.54) is 25.1 Å². The summed E-state index contributed by atoms with van der Waals surface area (Å²) in [4.78, 5) is 21.7. The molecule has 0 aliphatic carbocycles. The summed E-state index contributed by atoms with van der Waals surface area (Å²) in [6.45, 7) is 1.39. The number of hydrogen-bond acceptors (Lipinski definition) is 4. The number of nitrogens with zero attached hydrogens (tertiary/aromatic N) is 1. The SMILES string of the molecule is COc1ccc(-c2cc([N+](=O)[O-])ccc2NC(C)=O)cc1. The van der Waals surface area contributed by atoms with E-state index in [9.17, 15) is 14.9 Å². The van der Waals surface area contributed by atoms with Gasteiger partial charge in [0.05, 0.1) is 12.0 Å². The van der Waals surface area contributed by atoms with E-state index in [4.69, 9.17) is 4.74 Å². The molecule has 0 aromatic heterocycles. The maximum absolute atomic E-state index is 11.3. The predicted octanol–water partition coefficient (Wildman–Crippen LogP) is 3.23. The molecule has 0 aliphatic rings. The van der Waals surface area contributed by atoms with Crippen LogP contribution in [0.3, 0.4) is 0 Å². The first-order chi connectivity index (χ1) is 10.0. The van der Waals surface area contributed by atoms with Crippen molar-refractivity contribution in [1.29, 1.82) is 0 Å². The zero-order valence-corrected chi connectivity index (χ0v) is 11.6. The molecule has 21 heavy (non-hydrogen) atoms. The summed E-state index contributed by atoms with van der Waals surface area (Å²) in [6, 6.07) is 11.4. The first-order valence-corrected chi connectivity index (χ1v) is 6.21. The fourth-order valence-corrected chi connectivity index (χ4v) is 1.95. The largest absolute Gasteiger partial charge is 0.497 e. The van der Waals surface area contributed by atoms with Gasteiger partial charge in [0.2, 0.25) is 5.91 Å². The van der Waals surface area contributed by atoms with E-state index in [1.807, 2.05) is 0 Å². The van der Waals surface area contributed by atoms with Crippen LogP contribution in [-0.4, -0.2) is 17.9 Å². The third-order valence-electron chi connectivity index (χ3n) is 2.93. The lowest BCUT2D eigenvalue weighted by Gasteiger charge is -2.10. The molecule has 2 rings (SSSR count). The number of nitro groups is 1. The lowest BCUT2D eigenvalue weighted by Crippen LogP contribution is -2.07. The first kappa shape index (κ1) is 14.5. The molecule has 0 radical (unpaired) electrons. The minimum atomic E-state index is -0.468. The summed E-state index contributed by atoms with van der Waals surface area (Å²) < 4.78 is 5.08. The predicted molar refractivity (Wildman–Crippen MR) is 79.4 cm³/mol. The van der Waals surface area contributed by atoms with Gasteiger partial charge in [0.1, 0.15) is 5.75 Å². The Kier molecular flexibility index (Phi) is 4.18. The van der Waals surface area contributed by atoms with Gasteiger partial charge in [-0.05, 0) is 23.8 Å². The smallest absolute Gasteiger partial charge is 0.270 e. The fraction of sp³-hybridized carbons (Fsp3) is 0.133. The second kappa shape index (κ2) is 6.04. The third-order valence-corrected chi connectivity index (χ3v) is 2.93. The van der Waals surface area contributed by atoms with Crippen LogP contribution in [0.4, 0.5) is 11.4 Å². The molecule has 0 saturated carbocycles. The molecule has 2 aromatic rings. The van der Waals surface area contributed by atoms with Crippen molar-refractivity contribution < 1.29 is 14.5 Å². The van der Waals surface area contributed by atoms with Crippen LogP contribution in [0.1, 0.15) is 6.92 Å². The van der Waals surface area contributed by atoms with Gasteiger partial charge in [-0.1, -0.05) is 12.1 Å². The number of amides is 1. The first-order valence-electron chi connectivity index (χ1n) is 6.21. The van der Waals surface area contributed by atoms with E-state index in [-0.39, 0.29) is 11.6 Å². The minimum absolute atomic E-state index is 0.0325. The number of carbonyl (C=O) groups is 1. The summed E-state index contributed by atoms with van der Waals surface area (Å²) >= 11 is 0. The number of ether oxygens (including phenoxy) is 1. The standard InChI is InChI=1S/C15H14N2O4/c1-10(18)16-15-8-5-12(17(19)20)9-14(15)11-3-6-13(21-2)7-4-11/h3-9H,1-2H3,(H,16,18). The topological polar surface area (TPSA) is 81.5 Å². The number of nitrogens with one attached hydrogen (secondary N) is 1. The highest BCUT2D eigenvalue weighted by molar-refractivity contribution is 5.94. The summed E-state index contributed by atoms with van der Waals surface area (Å²) in [7, 11) is 1.56. The van der Waals surface area contributed by atoms with Gasteiger partial charge in [-0.15, -0.1) is 0 Å². The van der Waals surface area contributed by atoms with Crippen molar-refractivity contribution in [3.8, 4) is 16.9 Å². The van der Waals surface area contributed by atoms with E-state index >= 15 is 0 Å². The lowest BCUT2D eigenvalue weighted by atomic mass is 10.0. The van der Waals surface area contributed by atoms with Gasteiger partial charge in [0.15, 0.2) is 0 Å². The Morgan fingerprint density at radius 3 is 2.38 bits per heavy atom. The van der Waals surface area contributed by atoms with Gasteiger partial charge in [-0.25, -0.2) is 0 Å². The molecule has 1 amide bonds. The average Bonchev–Trinajstić information content (AvgIpc) is 2.47. The highest BCUT2D eigenvalue weighted by Crippen LogP contribution is 2.32. The van der Waals surface area contributed by atoms with Crippen LogP contribution in [-0.2, 0) is 4.79 Å². The van der Waals surface area contributed by atoms with Crippen LogP contribution < -0.4 is 10.1 Å². The van der Waals surface area contributed by atoms with E-state index in [2.05, 4.69) is 5.32 Å². The van der Waals surface area contributed by atoms with Crippen LogP contribution >= 0.6 is 0 Å². The van der Waals surface area contributed by atoms with Crippen LogP contribution in [0.5, 0.6) is 5.75 Å².